The lowest BCUT2D eigenvalue weighted by Crippen LogP contribution is -2.48. The standard InChI is InChI=1S/C20H26N2O2/c1-4-20-10-7-11-21-18(20)16-13-8-5-6-9-15(13)22(2)17(16)14(12-20)19(23)24-3/h5-6,8-9,14,18,21H,4,7,10-12H2,1-3H3/t14-,18-,20+/m1/s1. The third-order valence-electron chi connectivity index (χ3n) is 6.42. The zero-order chi connectivity index (χ0) is 16.9. The molecule has 4 rings (SSSR count). The molecule has 4 heteroatoms. The van der Waals surface area contributed by atoms with E-state index in [0.29, 0.717) is 6.04 Å². The Kier molecular flexibility index (Phi) is 3.68. The molecule has 0 amide bonds. The van der Waals surface area contributed by atoms with Gasteiger partial charge in [-0.1, -0.05) is 25.1 Å². The summed E-state index contributed by atoms with van der Waals surface area (Å²) < 4.78 is 7.40. The van der Waals surface area contributed by atoms with E-state index in [1.165, 1.54) is 36.4 Å². The Labute approximate surface area is 143 Å². The van der Waals surface area contributed by atoms with E-state index >= 15 is 0 Å². The normalized spacial score (nSPS) is 29.1. The van der Waals surface area contributed by atoms with Crippen molar-refractivity contribution in [3.63, 3.8) is 0 Å². The minimum absolute atomic E-state index is 0.0981. The molecule has 1 aromatic heterocycles. The molecule has 2 aromatic rings. The maximum Gasteiger partial charge on any atom is 0.314 e. The number of nitrogens with one attached hydrogen (secondary N) is 1. The summed E-state index contributed by atoms with van der Waals surface area (Å²) in [7, 11) is 3.59. The molecule has 2 heterocycles. The summed E-state index contributed by atoms with van der Waals surface area (Å²) in [6, 6.07) is 8.85. The van der Waals surface area contributed by atoms with Gasteiger partial charge in [0.2, 0.25) is 0 Å². The highest BCUT2D eigenvalue weighted by atomic mass is 16.5. The number of methoxy groups -OCH3 is 1. The van der Waals surface area contributed by atoms with Crippen LogP contribution in [0.1, 0.15) is 55.8 Å². The first kappa shape index (κ1) is 15.7. The predicted molar refractivity (Wildman–Crippen MR) is 95.0 cm³/mol. The molecule has 128 valence electrons. The number of rotatable bonds is 2. The summed E-state index contributed by atoms with van der Waals surface area (Å²) in [5.74, 6) is -0.266. The quantitative estimate of drug-likeness (QED) is 0.857. The number of esters is 1. The van der Waals surface area contributed by atoms with Gasteiger partial charge in [0, 0.05) is 29.7 Å². The van der Waals surface area contributed by atoms with Crippen molar-refractivity contribution in [2.75, 3.05) is 13.7 Å². The maximum atomic E-state index is 12.6. The summed E-state index contributed by atoms with van der Waals surface area (Å²) in [6.07, 6.45) is 4.32. The number of ether oxygens (including phenoxy) is 1. The molecule has 0 saturated carbocycles. The van der Waals surface area contributed by atoms with Crippen LogP contribution in [0.4, 0.5) is 0 Å². The average Bonchev–Trinajstić information content (AvgIpc) is 2.94. The molecule has 3 atom stereocenters. The van der Waals surface area contributed by atoms with E-state index in [1.54, 1.807) is 0 Å². The fraction of sp³-hybridized carbons (Fsp3) is 0.550. The van der Waals surface area contributed by atoms with E-state index in [-0.39, 0.29) is 17.3 Å². The lowest BCUT2D eigenvalue weighted by Gasteiger charge is -2.49. The molecule has 1 N–H and O–H groups in total. The molecule has 0 spiro atoms. The first-order chi connectivity index (χ1) is 11.6. The Balaban J connectivity index is 2.02. The molecule has 2 aliphatic rings. The second kappa shape index (κ2) is 5.62. The van der Waals surface area contributed by atoms with Crippen LogP contribution in [-0.2, 0) is 16.6 Å². The zero-order valence-corrected chi connectivity index (χ0v) is 14.8. The Morgan fingerprint density at radius 1 is 1.42 bits per heavy atom. The van der Waals surface area contributed by atoms with Gasteiger partial charge in [0.1, 0.15) is 0 Å². The number of hydrogen-bond donors (Lipinski definition) is 1. The highest BCUT2D eigenvalue weighted by Crippen LogP contribution is 2.57. The van der Waals surface area contributed by atoms with Gasteiger partial charge in [-0.25, -0.2) is 0 Å². The molecule has 24 heavy (non-hydrogen) atoms. The molecular formula is C20H26N2O2. The molecule has 1 fully saturated rings. The van der Waals surface area contributed by atoms with Gasteiger partial charge in [0.25, 0.3) is 0 Å². The van der Waals surface area contributed by atoms with E-state index in [1.807, 2.05) is 0 Å². The van der Waals surface area contributed by atoms with Crippen LogP contribution in [0.5, 0.6) is 0 Å². The molecule has 0 unspecified atom stereocenters. The van der Waals surface area contributed by atoms with Gasteiger partial charge in [-0.05, 0) is 49.3 Å². The molecular weight excluding hydrogens is 300 g/mol. The van der Waals surface area contributed by atoms with Crippen LogP contribution in [0, 0.1) is 5.41 Å². The van der Waals surface area contributed by atoms with E-state index in [0.717, 1.165) is 25.1 Å². The SMILES string of the molecule is CC[C@@]12CCCN[C@@H]1c1c(n(C)c3ccccc13)[C@H](C(=O)OC)C2. The molecule has 0 radical (unpaired) electrons. The number of carbonyl (C=O) groups excluding carboxylic acids is 1. The number of benzene rings is 1. The number of para-hydroxylation sites is 1. The Morgan fingerprint density at radius 2 is 2.21 bits per heavy atom. The predicted octanol–water partition coefficient (Wildman–Crippen LogP) is 3.66. The largest absolute Gasteiger partial charge is 0.469 e. The van der Waals surface area contributed by atoms with Crippen LogP contribution in [-0.4, -0.2) is 24.2 Å². The molecule has 1 aromatic carbocycles. The summed E-state index contributed by atoms with van der Waals surface area (Å²) in [5.41, 5.74) is 3.83. The summed E-state index contributed by atoms with van der Waals surface area (Å²) >= 11 is 0. The van der Waals surface area contributed by atoms with Crippen molar-refractivity contribution in [2.45, 2.75) is 44.6 Å². The van der Waals surface area contributed by atoms with Crippen molar-refractivity contribution < 1.29 is 9.53 Å². The zero-order valence-electron chi connectivity index (χ0n) is 14.8. The van der Waals surface area contributed by atoms with Crippen LogP contribution in [0.15, 0.2) is 24.3 Å². The Morgan fingerprint density at radius 3 is 2.96 bits per heavy atom. The van der Waals surface area contributed by atoms with Gasteiger partial charge in [0.15, 0.2) is 0 Å². The highest BCUT2D eigenvalue weighted by Gasteiger charge is 2.50. The summed E-state index contributed by atoms with van der Waals surface area (Å²) in [4.78, 5) is 12.6. The van der Waals surface area contributed by atoms with Crippen LogP contribution in [0.25, 0.3) is 10.9 Å². The third-order valence-corrected chi connectivity index (χ3v) is 6.42. The number of fused-ring (bicyclic) bond motifs is 5. The summed E-state index contributed by atoms with van der Waals surface area (Å²) in [5, 5.41) is 5.07. The smallest absolute Gasteiger partial charge is 0.314 e. The van der Waals surface area contributed by atoms with Crippen molar-refractivity contribution in [3.05, 3.63) is 35.5 Å². The lowest BCUT2D eigenvalue weighted by molar-refractivity contribution is -0.144. The van der Waals surface area contributed by atoms with Crippen LogP contribution in [0.3, 0.4) is 0 Å². The Hall–Kier alpha value is -1.81. The highest BCUT2D eigenvalue weighted by molar-refractivity contribution is 5.90. The fourth-order valence-corrected chi connectivity index (χ4v) is 5.21. The lowest BCUT2D eigenvalue weighted by atomic mass is 9.60. The Bertz CT molecular complexity index is 794. The van der Waals surface area contributed by atoms with Gasteiger partial charge in [-0.2, -0.15) is 0 Å². The molecule has 4 nitrogen and oxygen atoms in total. The second-order valence-corrected chi connectivity index (χ2v) is 7.36. The first-order valence-corrected chi connectivity index (χ1v) is 9.01. The van der Waals surface area contributed by atoms with Gasteiger partial charge in [-0.15, -0.1) is 0 Å². The monoisotopic (exact) mass is 326 g/mol. The number of nitrogens with zero attached hydrogens (tertiary/aromatic N) is 1. The van der Waals surface area contributed by atoms with Crippen LogP contribution in [0.2, 0.25) is 0 Å². The number of carbonyl (C=O) groups is 1. The molecule has 1 aliphatic carbocycles. The molecule has 0 bridgehead atoms. The topological polar surface area (TPSA) is 43.3 Å². The minimum atomic E-state index is -0.168. The van der Waals surface area contributed by atoms with E-state index in [4.69, 9.17) is 4.74 Å². The summed E-state index contributed by atoms with van der Waals surface area (Å²) in [6.45, 7) is 3.32. The van der Waals surface area contributed by atoms with Crippen molar-refractivity contribution in [1.82, 2.24) is 9.88 Å². The minimum Gasteiger partial charge on any atom is -0.469 e. The first-order valence-electron chi connectivity index (χ1n) is 9.01. The molecule has 1 aliphatic heterocycles. The van der Waals surface area contributed by atoms with Crippen molar-refractivity contribution in [1.29, 1.82) is 0 Å². The van der Waals surface area contributed by atoms with E-state index in [9.17, 15) is 4.79 Å². The van der Waals surface area contributed by atoms with E-state index < -0.39 is 0 Å². The van der Waals surface area contributed by atoms with Gasteiger partial charge in [0.05, 0.1) is 13.0 Å². The van der Waals surface area contributed by atoms with Crippen molar-refractivity contribution in [3.8, 4) is 0 Å². The van der Waals surface area contributed by atoms with Crippen molar-refractivity contribution in [2.24, 2.45) is 12.5 Å². The van der Waals surface area contributed by atoms with Gasteiger partial charge in [-0.3, -0.25) is 4.79 Å². The molecule has 1 saturated heterocycles. The van der Waals surface area contributed by atoms with E-state index in [2.05, 4.69) is 48.1 Å². The maximum absolute atomic E-state index is 12.6. The second-order valence-electron chi connectivity index (χ2n) is 7.36. The van der Waals surface area contributed by atoms with Crippen molar-refractivity contribution >= 4 is 16.9 Å². The number of aryl methyl sites for hydroxylation is 1. The average molecular weight is 326 g/mol. The van der Waals surface area contributed by atoms with Gasteiger partial charge < -0.3 is 14.6 Å². The number of piperidine rings is 1. The van der Waals surface area contributed by atoms with Crippen LogP contribution >= 0.6 is 0 Å². The number of hydrogen-bond acceptors (Lipinski definition) is 3. The number of aromatic nitrogens is 1. The third kappa shape index (κ3) is 1.99. The van der Waals surface area contributed by atoms with Gasteiger partial charge >= 0.3 is 5.97 Å². The fourth-order valence-electron chi connectivity index (χ4n) is 5.21. The van der Waals surface area contributed by atoms with Crippen LogP contribution < -0.4 is 5.32 Å².